The second-order valence-corrected chi connectivity index (χ2v) is 23.8. The van der Waals surface area contributed by atoms with E-state index in [4.69, 9.17) is 32.7 Å². The number of hydrogen-bond donors (Lipinski definition) is 0. The van der Waals surface area contributed by atoms with Gasteiger partial charge in [0.1, 0.15) is 11.5 Å². The molecule has 0 unspecified atom stereocenters. The summed E-state index contributed by atoms with van der Waals surface area (Å²) in [7, 11) is 0.628. The summed E-state index contributed by atoms with van der Waals surface area (Å²) < 4.78 is 10.6. The van der Waals surface area contributed by atoms with Gasteiger partial charge in [-0.1, -0.05) is 123 Å². The molecule has 0 aliphatic heterocycles. The molecule has 44 heavy (non-hydrogen) atoms. The molecule has 0 amide bonds. The van der Waals surface area contributed by atoms with Crippen molar-refractivity contribution in [3.05, 3.63) is 58.7 Å². The average molecular weight is 914 g/mol. The monoisotopic (exact) mass is 913 g/mol. The van der Waals surface area contributed by atoms with Crippen molar-refractivity contribution >= 4 is 74.0 Å². The van der Waals surface area contributed by atoms with Gasteiger partial charge in [0.25, 0.3) is 0 Å². The Labute approximate surface area is 307 Å². The van der Waals surface area contributed by atoms with E-state index in [2.05, 4.69) is 95.3 Å². The van der Waals surface area contributed by atoms with E-state index in [-0.39, 0.29) is 21.7 Å². The first-order valence-corrected chi connectivity index (χ1v) is 25.2. The molecule has 251 valence electrons. The quantitative estimate of drug-likeness (QED) is 0.222. The summed E-state index contributed by atoms with van der Waals surface area (Å²) in [6.45, 7) is 34.2. The molecule has 4 nitrogen and oxygen atoms in total. The first kappa shape index (κ1) is 46.1. The van der Waals surface area contributed by atoms with Crippen LogP contribution in [0.1, 0.15) is 133 Å². The van der Waals surface area contributed by atoms with Crippen LogP contribution in [0.15, 0.2) is 36.4 Å². The third kappa shape index (κ3) is 7.99. The molecule has 0 atom stereocenters. The van der Waals surface area contributed by atoms with E-state index < -0.39 is 16.3 Å². The van der Waals surface area contributed by atoms with Crippen LogP contribution in [0.3, 0.4) is 0 Å². The van der Waals surface area contributed by atoms with E-state index in [1.807, 2.05) is 79.7 Å². The number of rotatable bonds is 2. The van der Waals surface area contributed by atoms with E-state index in [0.29, 0.717) is 21.0 Å². The molecule has 2 aliphatic carbocycles. The Morgan fingerprint density at radius 3 is 1.05 bits per heavy atom. The van der Waals surface area contributed by atoms with E-state index in [0.717, 1.165) is 11.1 Å². The maximum atomic E-state index is 11.5. The van der Waals surface area contributed by atoms with Crippen molar-refractivity contribution in [3.63, 3.8) is 0 Å². The number of benzene rings is 2. The van der Waals surface area contributed by atoms with Gasteiger partial charge < -0.3 is 9.47 Å². The number of fused-ring (bicyclic) bond motifs is 4. The summed E-state index contributed by atoms with van der Waals surface area (Å²) in [5.41, 5.74) is 1.34. The molecule has 0 saturated heterocycles. The Bertz CT molecular complexity index is 1130. The Morgan fingerprint density at radius 2 is 0.818 bits per heavy atom. The Balaban J connectivity index is 0. The van der Waals surface area contributed by atoms with Crippen molar-refractivity contribution in [2.75, 3.05) is 0 Å². The molecule has 0 bridgehead atoms. The molecule has 0 saturated carbocycles. The molecule has 1 spiro atoms. The van der Waals surface area contributed by atoms with Crippen LogP contribution in [0.2, 0.25) is 0 Å². The fraction of sp³-hybridized carbons (Fsp3) is 0.600. The van der Waals surface area contributed by atoms with Crippen molar-refractivity contribution in [3.8, 4) is 11.5 Å². The third-order valence-corrected chi connectivity index (χ3v) is 9.69. The number of carbonyl (C=O) groups is 2. The average Bonchev–Trinajstić information content (AvgIpc) is 3.20. The Hall–Kier alpha value is 0.00442. The van der Waals surface area contributed by atoms with Crippen molar-refractivity contribution < 1.29 is 28.5 Å². The van der Waals surface area contributed by atoms with Crippen LogP contribution < -0.4 is 9.47 Å². The van der Waals surface area contributed by atoms with Gasteiger partial charge in [-0.25, -0.2) is 9.59 Å². The Kier molecular flexibility index (Phi) is 20.0. The summed E-state index contributed by atoms with van der Waals surface area (Å²) in [5.74, 6) is 0.819. The zero-order chi connectivity index (χ0) is 35.5. The SMILES string of the molecule is CC.CC.CC.CC.CC1(C)c2ccc(OC(=O)Cl)cc2C2(c3cc(OC(=O)Cl)ccc3C(C)(C)C2(C)C)C1(C)C.[I][V][I]. The van der Waals surface area contributed by atoms with Crippen molar-refractivity contribution in [2.24, 2.45) is 10.8 Å². The van der Waals surface area contributed by atoms with Gasteiger partial charge in [-0.05, 0) is 68.2 Å². The Morgan fingerprint density at radius 1 is 0.568 bits per heavy atom. The third-order valence-electron chi connectivity index (χ3n) is 9.53. The number of ether oxygens (including phenoxy) is 2. The van der Waals surface area contributed by atoms with Crippen molar-refractivity contribution in [2.45, 2.75) is 127 Å². The van der Waals surface area contributed by atoms with Gasteiger partial charge in [-0.3, -0.25) is 0 Å². The van der Waals surface area contributed by atoms with Gasteiger partial charge in [0.2, 0.25) is 0 Å². The first-order valence-electron chi connectivity index (χ1n) is 15.4. The number of carbonyl (C=O) groups excluding carboxylic acids is 2. The van der Waals surface area contributed by atoms with Gasteiger partial charge in [0, 0.05) is 28.6 Å². The summed E-state index contributed by atoms with van der Waals surface area (Å²) in [5, 5.41) is 0. The van der Waals surface area contributed by atoms with Crippen molar-refractivity contribution in [1.29, 1.82) is 0 Å². The number of halogens is 4. The molecular formula is C35H54Cl2I2O4V. The van der Waals surface area contributed by atoms with Crippen LogP contribution in [-0.4, -0.2) is 10.9 Å². The molecule has 0 N–H and O–H groups in total. The fourth-order valence-corrected chi connectivity index (χ4v) is 7.13. The van der Waals surface area contributed by atoms with Crippen LogP contribution in [0.4, 0.5) is 9.59 Å². The zero-order valence-electron chi connectivity index (χ0n) is 29.6. The van der Waals surface area contributed by atoms with Gasteiger partial charge in [0.05, 0.1) is 0 Å². The van der Waals surface area contributed by atoms with Crippen molar-refractivity contribution in [1.82, 2.24) is 0 Å². The van der Waals surface area contributed by atoms with E-state index in [1.165, 1.54) is 11.1 Å². The van der Waals surface area contributed by atoms with Gasteiger partial charge in [-0.2, -0.15) is 0 Å². The predicted molar refractivity (Wildman–Crippen MR) is 204 cm³/mol. The molecule has 0 fully saturated rings. The molecule has 9 heteroatoms. The molecule has 2 aromatic carbocycles. The van der Waals surface area contributed by atoms with E-state index in [1.54, 1.807) is 12.1 Å². The summed E-state index contributed by atoms with van der Waals surface area (Å²) >= 11 is 15.8. The summed E-state index contributed by atoms with van der Waals surface area (Å²) in [6, 6.07) is 11.6. The topological polar surface area (TPSA) is 52.6 Å². The molecular weight excluding hydrogens is 860 g/mol. The van der Waals surface area contributed by atoms with Gasteiger partial charge in [0.15, 0.2) is 0 Å². The first-order chi connectivity index (χ1) is 20.4. The number of hydrogen-bond acceptors (Lipinski definition) is 4. The van der Waals surface area contributed by atoms with Gasteiger partial charge in [-0.15, -0.1) is 0 Å². The second-order valence-electron chi connectivity index (χ2n) is 11.4. The normalized spacial score (nSPS) is 17.3. The second kappa shape index (κ2) is 19.1. The molecule has 0 aromatic heterocycles. The predicted octanol–water partition coefficient (Wildman–Crippen LogP) is 14.0. The molecule has 0 radical (unpaired) electrons. The zero-order valence-corrected chi connectivity index (χ0v) is 36.8. The van der Waals surface area contributed by atoms with Crippen LogP contribution in [0.5, 0.6) is 11.5 Å². The fourth-order valence-electron chi connectivity index (χ4n) is 6.95. The van der Waals surface area contributed by atoms with Crippen LogP contribution in [0.25, 0.3) is 0 Å². The molecule has 2 aliphatic rings. The standard InChI is InChI=1S/C27H30Cl2O4.4C2H6.2HI.V/c1-23(2)17-11-9-15(32-21(28)30)13-19(17)27(25(23,5)6)20-14-16(33-22(29)31)10-12-18(20)24(3,4)26(27,7)8;4*1-2;;;/h9-14H,1-8H3;4*1-2H3;2*1H;/q;;;;;;;+2/p-2. The molecule has 4 rings (SSSR count). The molecule has 0 heterocycles. The maximum absolute atomic E-state index is 11.5. The van der Waals surface area contributed by atoms with E-state index in [9.17, 15) is 9.59 Å². The summed E-state index contributed by atoms with van der Waals surface area (Å²) in [6.07, 6.45) is 0. The van der Waals surface area contributed by atoms with Gasteiger partial charge >= 0.3 is 60.3 Å². The van der Waals surface area contributed by atoms with Crippen LogP contribution >= 0.6 is 63.2 Å². The minimum atomic E-state index is -0.872. The minimum absolute atomic E-state index is 0.222. The molecule has 2 aromatic rings. The van der Waals surface area contributed by atoms with E-state index >= 15 is 0 Å². The van der Waals surface area contributed by atoms with Crippen LogP contribution in [0, 0.1) is 10.8 Å². The summed E-state index contributed by atoms with van der Waals surface area (Å²) in [4.78, 5) is 23.1. The van der Waals surface area contributed by atoms with Crippen LogP contribution in [-0.2, 0) is 25.7 Å².